The second-order valence-corrected chi connectivity index (χ2v) is 7.91. The lowest BCUT2D eigenvalue weighted by Gasteiger charge is -2.09. The lowest BCUT2D eigenvalue weighted by molar-refractivity contribution is -0.118. The minimum atomic E-state index is -0.0386. The van der Waals surface area contributed by atoms with Crippen molar-refractivity contribution >= 4 is 28.7 Å². The van der Waals surface area contributed by atoms with E-state index in [-0.39, 0.29) is 5.91 Å². The lowest BCUT2D eigenvalue weighted by Crippen LogP contribution is -2.24. The predicted octanol–water partition coefficient (Wildman–Crippen LogP) is 4.44. The van der Waals surface area contributed by atoms with Crippen LogP contribution in [0, 0.1) is 0 Å². The molecule has 0 saturated carbocycles. The van der Waals surface area contributed by atoms with Gasteiger partial charge in [-0.3, -0.25) is 4.79 Å². The van der Waals surface area contributed by atoms with Gasteiger partial charge in [-0.15, -0.1) is 0 Å². The highest BCUT2D eigenvalue weighted by Crippen LogP contribution is 2.23. The number of rotatable bonds is 9. The third kappa shape index (κ3) is 5.44. The molecule has 0 bridgehead atoms. The number of fused-ring (bicyclic) bond motifs is 1. The second-order valence-electron chi connectivity index (χ2n) is 6.97. The standard InChI is InChI=1S/C24H24N4O2S/c1-2-28-21-11-7-6-10-20(21)27-24(28)31-17-22(29)26-15-19-12-13-25-23(14-19)30-16-18-8-4-3-5-9-18/h3-14H,2,15-17H2,1H3,(H,26,29). The number of aryl methyl sites for hydroxylation is 1. The number of nitrogens with one attached hydrogen (secondary N) is 1. The Morgan fingerprint density at radius 2 is 1.87 bits per heavy atom. The van der Waals surface area contributed by atoms with E-state index < -0.39 is 0 Å². The van der Waals surface area contributed by atoms with Crippen LogP contribution in [0.1, 0.15) is 18.1 Å². The lowest BCUT2D eigenvalue weighted by atomic mass is 10.2. The van der Waals surface area contributed by atoms with Crippen molar-refractivity contribution in [1.29, 1.82) is 0 Å². The number of imidazole rings is 1. The largest absolute Gasteiger partial charge is 0.473 e. The van der Waals surface area contributed by atoms with Gasteiger partial charge in [0.25, 0.3) is 0 Å². The highest BCUT2D eigenvalue weighted by molar-refractivity contribution is 7.99. The number of benzene rings is 2. The fourth-order valence-corrected chi connectivity index (χ4v) is 4.13. The Bertz CT molecular complexity index is 1160. The number of ether oxygens (including phenoxy) is 1. The molecule has 0 aliphatic carbocycles. The Balaban J connectivity index is 1.29. The minimum Gasteiger partial charge on any atom is -0.473 e. The maximum absolute atomic E-state index is 12.4. The molecule has 0 aliphatic heterocycles. The molecule has 1 amide bonds. The summed E-state index contributed by atoms with van der Waals surface area (Å²) in [5.41, 5.74) is 4.06. The fourth-order valence-electron chi connectivity index (χ4n) is 3.22. The molecule has 0 unspecified atom stereocenters. The molecule has 4 aromatic rings. The molecule has 0 atom stereocenters. The van der Waals surface area contributed by atoms with Gasteiger partial charge in [0.05, 0.1) is 16.8 Å². The van der Waals surface area contributed by atoms with Crippen LogP contribution < -0.4 is 10.1 Å². The van der Waals surface area contributed by atoms with Crippen molar-refractivity contribution in [1.82, 2.24) is 19.9 Å². The van der Waals surface area contributed by atoms with Gasteiger partial charge in [-0.25, -0.2) is 9.97 Å². The number of hydrogen-bond donors (Lipinski definition) is 1. The molecule has 0 fully saturated rings. The third-order valence-electron chi connectivity index (χ3n) is 4.79. The molecule has 4 rings (SSSR count). The van der Waals surface area contributed by atoms with E-state index in [1.807, 2.05) is 60.7 Å². The van der Waals surface area contributed by atoms with Crippen LogP contribution in [0.2, 0.25) is 0 Å². The summed E-state index contributed by atoms with van der Waals surface area (Å²) in [4.78, 5) is 21.3. The van der Waals surface area contributed by atoms with Gasteiger partial charge in [-0.2, -0.15) is 0 Å². The van der Waals surface area contributed by atoms with E-state index in [2.05, 4.69) is 32.8 Å². The Morgan fingerprint density at radius 3 is 2.71 bits per heavy atom. The van der Waals surface area contributed by atoms with Gasteiger partial charge in [0.1, 0.15) is 6.61 Å². The molecule has 6 nitrogen and oxygen atoms in total. The zero-order chi connectivity index (χ0) is 21.5. The van der Waals surface area contributed by atoms with Crippen molar-refractivity contribution in [3.05, 3.63) is 84.1 Å². The summed E-state index contributed by atoms with van der Waals surface area (Å²) in [5.74, 6) is 0.816. The molecule has 2 aromatic carbocycles. The average molecular weight is 433 g/mol. The average Bonchev–Trinajstić information content (AvgIpc) is 3.18. The van der Waals surface area contributed by atoms with Crippen LogP contribution in [0.15, 0.2) is 78.1 Å². The van der Waals surface area contributed by atoms with Crippen LogP contribution in [0.5, 0.6) is 5.88 Å². The van der Waals surface area contributed by atoms with E-state index >= 15 is 0 Å². The first kappa shape index (κ1) is 20.9. The Morgan fingerprint density at radius 1 is 1.06 bits per heavy atom. The maximum Gasteiger partial charge on any atom is 0.230 e. The van der Waals surface area contributed by atoms with Crippen LogP contribution in [-0.2, 0) is 24.5 Å². The first-order chi connectivity index (χ1) is 15.2. The summed E-state index contributed by atoms with van der Waals surface area (Å²) < 4.78 is 7.89. The number of thioether (sulfide) groups is 1. The number of carbonyl (C=O) groups excluding carboxylic acids is 1. The SMILES string of the molecule is CCn1c(SCC(=O)NCc2ccnc(OCc3ccccc3)c2)nc2ccccc21. The number of hydrogen-bond acceptors (Lipinski definition) is 5. The predicted molar refractivity (Wildman–Crippen MR) is 123 cm³/mol. The summed E-state index contributed by atoms with van der Waals surface area (Å²) in [6, 6.07) is 21.7. The zero-order valence-corrected chi connectivity index (χ0v) is 18.1. The highest BCUT2D eigenvalue weighted by Gasteiger charge is 2.12. The Labute approximate surface area is 185 Å². The van der Waals surface area contributed by atoms with E-state index in [4.69, 9.17) is 4.74 Å². The van der Waals surface area contributed by atoms with E-state index in [0.717, 1.165) is 33.9 Å². The molecule has 0 spiro atoms. The molecule has 1 N–H and O–H groups in total. The molecule has 0 aliphatic rings. The molecular formula is C24H24N4O2S. The van der Waals surface area contributed by atoms with Crippen LogP contribution in [0.3, 0.4) is 0 Å². The van der Waals surface area contributed by atoms with Crippen molar-refractivity contribution in [3.63, 3.8) is 0 Å². The second kappa shape index (κ2) is 10.1. The molecule has 2 aromatic heterocycles. The zero-order valence-electron chi connectivity index (χ0n) is 17.3. The maximum atomic E-state index is 12.4. The quantitative estimate of drug-likeness (QED) is 0.396. The fraction of sp³-hybridized carbons (Fsp3) is 0.208. The number of para-hydroxylation sites is 2. The molecule has 7 heteroatoms. The van der Waals surface area contributed by atoms with Gasteiger partial charge < -0.3 is 14.6 Å². The van der Waals surface area contributed by atoms with E-state index in [1.165, 1.54) is 11.8 Å². The smallest absolute Gasteiger partial charge is 0.230 e. The first-order valence-corrected chi connectivity index (χ1v) is 11.2. The summed E-state index contributed by atoms with van der Waals surface area (Å²) in [5, 5.41) is 3.82. The third-order valence-corrected chi connectivity index (χ3v) is 5.76. The summed E-state index contributed by atoms with van der Waals surface area (Å²) in [7, 11) is 0. The molecule has 0 radical (unpaired) electrons. The Hall–Kier alpha value is -3.32. The van der Waals surface area contributed by atoms with Crippen LogP contribution >= 0.6 is 11.8 Å². The monoisotopic (exact) mass is 432 g/mol. The highest BCUT2D eigenvalue weighted by atomic mass is 32.2. The van der Waals surface area contributed by atoms with Crippen molar-refractivity contribution in [2.45, 2.75) is 31.8 Å². The molecular weight excluding hydrogens is 408 g/mol. The summed E-state index contributed by atoms with van der Waals surface area (Å²) >= 11 is 1.45. The molecule has 2 heterocycles. The van der Waals surface area contributed by atoms with Gasteiger partial charge in [0.2, 0.25) is 11.8 Å². The number of carbonyl (C=O) groups is 1. The normalized spacial score (nSPS) is 10.9. The van der Waals surface area contributed by atoms with Gasteiger partial charge in [-0.1, -0.05) is 54.2 Å². The number of aromatic nitrogens is 3. The number of nitrogens with zero attached hydrogens (tertiary/aromatic N) is 3. The molecule has 0 saturated heterocycles. The van der Waals surface area contributed by atoms with Crippen molar-refractivity contribution in [2.75, 3.05) is 5.75 Å². The van der Waals surface area contributed by atoms with Crippen molar-refractivity contribution < 1.29 is 9.53 Å². The van der Waals surface area contributed by atoms with Crippen LogP contribution in [0.4, 0.5) is 0 Å². The molecule has 158 valence electrons. The van der Waals surface area contributed by atoms with Gasteiger partial charge in [0.15, 0.2) is 5.16 Å². The number of pyridine rings is 1. The van der Waals surface area contributed by atoms with Gasteiger partial charge in [-0.05, 0) is 36.2 Å². The van der Waals surface area contributed by atoms with Gasteiger partial charge >= 0.3 is 0 Å². The van der Waals surface area contributed by atoms with E-state index in [9.17, 15) is 4.79 Å². The summed E-state index contributed by atoms with van der Waals surface area (Å²) in [6.45, 7) is 3.78. The topological polar surface area (TPSA) is 69.0 Å². The van der Waals surface area contributed by atoms with E-state index in [1.54, 1.807) is 6.20 Å². The number of amides is 1. The molecule has 31 heavy (non-hydrogen) atoms. The van der Waals surface area contributed by atoms with Crippen molar-refractivity contribution in [2.24, 2.45) is 0 Å². The Kier molecular flexibility index (Phi) is 6.84. The van der Waals surface area contributed by atoms with Gasteiger partial charge in [0, 0.05) is 25.4 Å². The van der Waals surface area contributed by atoms with E-state index in [0.29, 0.717) is 24.8 Å². The first-order valence-electron chi connectivity index (χ1n) is 10.2. The minimum absolute atomic E-state index is 0.0386. The summed E-state index contributed by atoms with van der Waals surface area (Å²) in [6.07, 6.45) is 1.69. The van der Waals surface area contributed by atoms with Crippen molar-refractivity contribution in [3.8, 4) is 5.88 Å². The van der Waals surface area contributed by atoms with Crippen LogP contribution in [-0.4, -0.2) is 26.2 Å². The van der Waals surface area contributed by atoms with Crippen LogP contribution in [0.25, 0.3) is 11.0 Å².